The molecule has 0 aliphatic rings. The molecule has 0 aliphatic heterocycles. The highest BCUT2D eigenvalue weighted by Crippen LogP contribution is 2.18. The highest BCUT2D eigenvalue weighted by atomic mass is 35.5. The maximum atomic E-state index is 9.12. The molecule has 2 unspecified atom stereocenters. The van der Waals surface area contributed by atoms with Gasteiger partial charge < -0.3 is 10.8 Å². The zero-order valence-electron chi connectivity index (χ0n) is 8.99. The molecule has 0 heterocycles. The zero-order valence-corrected chi connectivity index (χ0v) is 9.74. The van der Waals surface area contributed by atoms with Gasteiger partial charge in [-0.3, -0.25) is 0 Å². The van der Waals surface area contributed by atoms with Crippen molar-refractivity contribution < 1.29 is 5.11 Å². The molecule has 0 fully saturated rings. The van der Waals surface area contributed by atoms with Crippen molar-refractivity contribution in [1.82, 2.24) is 0 Å². The zero-order chi connectivity index (χ0) is 11.3. The highest BCUT2D eigenvalue weighted by Gasteiger charge is 2.15. The first-order chi connectivity index (χ1) is 7.17. The van der Waals surface area contributed by atoms with Crippen molar-refractivity contribution in [3.63, 3.8) is 0 Å². The van der Waals surface area contributed by atoms with Gasteiger partial charge in [-0.2, -0.15) is 0 Å². The average molecular weight is 228 g/mol. The van der Waals surface area contributed by atoms with Crippen LogP contribution >= 0.6 is 11.6 Å². The summed E-state index contributed by atoms with van der Waals surface area (Å²) in [5, 5.41) is 9.88. The van der Waals surface area contributed by atoms with Crippen LogP contribution in [0.1, 0.15) is 12.5 Å². The first kappa shape index (κ1) is 12.5. The Labute approximate surface area is 96.1 Å². The van der Waals surface area contributed by atoms with Crippen molar-refractivity contribution in [2.45, 2.75) is 13.3 Å². The fourth-order valence-corrected chi connectivity index (χ4v) is 1.90. The molecule has 3 heteroatoms. The predicted octanol–water partition coefficient (Wildman–Crippen LogP) is 2.09. The molecule has 15 heavy (non-hydrogen) atoms. The van der Waals surface area contributed by atoms with E-state index in [1.165, 1.54) is 5.56 Å². The molecule has 84 valence electrons. The summed E-state index contributed by atoms with van der Waals surface area (Å²) in [6, 6.07) is 7.82. The Balaban J connectivity index is 2.61. The maximum Gasteiger partial charge on any atom is 0.0474 e. The van der Waals surface area contributed by atoms with Gasteiger partial charge in [0, 0.05) is 11.6 Å². The SMILES string of the molecule is CC(Cc1cccc(Cl)c1)C(CN)CO. The van der Waals surface area contributed by atoms with E-state index in [9.17, 15) is 0 Å². The fraction of sp³-hybridized carbons (Fsp3) is 0.500. The summed E-state index contributed by atoms with van der Waals surface area (Å²) in [4.78, 5) is 0. The number of aliphatic hydroxyl groups excluding tert-OH is 1. The molecule has 0 aliphatic carbocycles. The molecule has 0 amide bonds. The monoisotopic (exact) mass is 227 g/mol. The fourth-order valence-electron chi connectivity index (χ4n) is 1.69. The summed E-state index contributed by atoms with van der Waals surface area (Å²) in [5.74, 6) is 0.544. The van der Waals surface area contributed by atoms with Gasteiger partial charge in [-0.1, -0.05) is 30.7 Å². The molecular formula is C12H18ClNO. The Hall–Kier alpha value is -0.570. The number of hydrogen-bond acceptors (Lipinski definition) is 2. The molecule has 0 aromatic heterocycles. The van der Waals surface area contributed by atoms with Crippen LogP contribution in [0.3, 0.4) is 0 Å². The molecule has 2 atom stereocenters. The third-order valence-electron chi connectivity index (χ3n) is 2.79. The molecule has 1 rings (SSSR count). The number of benzene rings is 1. The van der Waals surface area contributed by atoms with E-state index >= 15 is 0 Å². The van der Waals surface area contributed by atoms with Gasteiger partial charge in [0.15, 0.2) is 0 Å². The van der Waals surface area contributed by atoms with Gasteiger partial charge in [0.25, 0.3) is 0 Å². The van der Waals surface area contributed by atoms with Gasteiger partial charge in [0.2, 0.25) is 0 Å². The van der Waals surface area contributed by atoms with Crippen LogP contribution in [0, 0.1) is 11.8 Å². The molecule has 0 radical (unpaired) electrons. The Morgan fingerprint density at radius 3 is 2.73 bits per heavy atom. The molecule has 0 saturated heterocycles. The molecule has 1 aromatic carbocycles. The van der Waals surface area contributed by atoms with Gasteiger partial charge in [0.1, 0.15) is 0 Å². The summed E-state index contributed by atoms with van der Waals surface area (Å²) in [6.07, 6.45) is 0.906. The molecule has 1 aromatic rings. The molecular weight excluding hydrogens is 210 g/mol. The largest absolute Gasteiger partial charge is 0.396 e. The van der Waals surface area contributed by atoms with Crippen LogP contribution in [0.15, 0.2) is 24.3 Å². The third kappa shape index (κ3) is 3.82. The molecule has 0 bridgehead atoms. The smallest absolute Gasteiger partial charge is 0.0474 e. The minimum absolute atomic E-state index is 0.151. The second kappa shape index (κ2) is 6.11. The van der Waals surface area contributed by atoms with Gasteiger partial charge >= 0.3 is 0 Å². The van der Waals surface area contributed by atoms with Crippen molar-refractivity contribution in [3.05, 3.63) is 34.9 Å². The van der Waals surface area contributed by atoms with E-state index in [0.717, 1.165) is 11.4 Å². The van der Waals surface area contributed by atoms with Crippen molar-refractivity contribution in [2.75, 3.05) is 13.2 Å². The molecule has 0 saturated carbocycles. The van der Waals surface area contributed by atoms with Crippen molar-refractivity contribution in [2.24, 2.45) is 17.6 Å². The predicted molar refractivity (Wildman–Crippen MR) is 64.0 cm³/mol. The third-order valence-corrected chi connectivity index (χ3v) is 3.02. The lowest BCUT2D eigenvalue weighted by Crippen LogP contribution is -2.26. The van der Waals surface area contributed by atoms with Crippen LogP contribution < -0.4 is 5.73 Å². The van der Waals surface area contributed by atoms with E-state index in [-0.39, 0.29) is 12.5 Å². The van der Waals surface area contributed by atoms with Crippen LogP contribution in [0.2, 0.25) is 5.02 Å². The van der Waals surface area contributed by atoms with Gasteiger partial charge in [0.05, 0.1) is 0 Å². The minimum Gasteiger partial charge on any atom is -0.396 e. The highest BCUT2D eigenvalue weighted by molar-refractivity contribution is 6.30. The lowest BCUT2D eigenvalue weighted by molar-refractivity contribution is 0.187. The molecule has 3 N–H and O–H groups in total. The van der Waals surface area contributed by atoms with Crippen molar-refractivity contribution >= 4 is 11.6 Å². The van der Waals surface area contributed by atoms with Gasteiger partial charge in [-0.25, -0.2) is 0 Å². The molecule has 2 nitrogen and oxygen atoms in total. The number of aliphatic hydroxyl groups is 1. The number of halogens is 1. The Morgan fingerprint density at radius 2 is 2.20 bits per heavy atom. The van der Waals surface area contributed by atoms with Crippen molar-refractivity contribution in [1.29, 1.82) is 0 Å². The summed E-state index contributed by atoms with van der Waals surface area (Å²) in [5.41, 5.74) is 6.78. The average Bonchev–Trinajstić information content (AvgIpc) is 2.19. The summed E-state index contributed by atoms with van der Waals surface area (Å²) < 4.78 is 0. The summed E-state index contributed by atoms with van der Waals surface area (Å²) >= 11 is 5.90. The topological polar surface area (TPSA) is 46.2 Å². The van der Waals surface area contributed by atoms with E-state index in [1.54, 1.807) is 0 Å². The quantitative estimate of drug-likeness (QED) is 0.809. The van der Waals surface area contributed by atoms with E-state index in [4.69, 9.17) is 22.4 Å². The van der Waals surface area contributed by atoms with Gasteiger partial charge in [-0.15, -0.1) is 0 Å². The van der Waals surface area contributed by atoms with Crippen molar-refractivity contribution in [3.8, 4) is 0 Å². The lowest BCUT2D eigenvalue weighted by atomic mass is 9.89. The number of nitrogens with two attached hydrogens (primary N) is 1. The Kier molecular flexibility index (Phi) is 5.09. The first-order valence-corrected chi connectivity index (χ1v) is 5.60. The van der Waals surface area contributed by atoms with E-state index < -0.39 is 0 Å². The normalized spacial score (nSPS) is 14.9. The second-order valence-corrected chi connectivity index (χ2v) is 4.43. The molecule has 0 spiro atoms. The number of hydrogen-bond donors (Lipinski definition) is 2. The lowest BCUT2D eigenvalue weighted by Gasteiger charge is -2.20. The van der Waals surface area contributed by atoms with E-state index in [1.807, 2.05) is 24.3 Å². The van der Waals surface area contributed by atoms with Gasteiger partial charge in [-0.05, 0) is 42.5 Å². The second-order valence-electron chi connectivity index (χ2n) is 3.99. The van der Waals surface area contributed by atoms with Crippen LogP contribution in [0.25, 0.3) is 0 Å². The van der Waals surface area contributed by atoms with Crippen LogP contribution in [0.4, 0.5) is 0 Å². The Morgan fingerprint density at radius 1 is 1.47 bits per heavy atom. The summed E-state index contributed by atoms with van der Waals surface area (Å²) in [7, 11) is 0. The first-order valence-electron chi connectivity index (χ1n) is 5.22. The van der Waals surface area contributed by atoms with E-state index in [0.29, 0.717) is 12.5 Å². The summed E-state index contributed by atoms with van der Waals surface area (Å²) in [6.45, 7) is 2.78. The van der Waals surface area contributed by atoms with Crippen LogP contribution in [0.5, 0.6) is 0 Å². The van der Waals surface area contributed by atoms with Crippen LogP contribution in [-0.2, 0) is 6.42 Å². The minimum atomic E-state index is 0.151. The van der Waals surface area contributed by atoms with E-state index in [2.05, 4.69) is 6.92 Å². The maximum absolute atomic E-state index is 9.12. The number of rotatable bonds is 5. The standard InChI is InChI=1S/C12H18ClNO/c1-9(11(7-14)8-15)5-10-3-2-4-12(13)6-10/h2-4,6,9,11,15H,5,7-8,14H2,1H3. The van der Waals surface area contributed by atoms with Crippen LogP contribution in [-0.4, -0.2) is 18.3 Å². The Bertz CT molecular complexity index is 299.